The molecule has 0 aliphatic heterocycles. The molecule has 6 heteroatoms. The van der Waals surface area contributed by atoms with E-state index in [9.17, 15) is 0 Å². The van der Waals surface area contributed by atoms with Gasteiger partial charge in [-0.3, -0.25) is 4.98 Å². The van der Waals surface area contributed by atoms with Crippen molar-refractivity contribution in [2.24, 2.45) is 0 Å². The molecule has 0 spiro atoms. The molecule has 0 aliphatic carbocycles. The number of hydrogen-bond donors (Lipinski definition) is 1. The van der Waals surface area contributed by atoms with Crippen molar-refractivity contribution in [2.75, 3.05) is 5.73 Å². The Morgan fingerprint density at radius 3 is 2.65 bits per heavy atom. The van der Waals surface area contributed by atoms with E-state index in [1.54, 1.807) is 6.20 Å². The number of nitrogens with two attached hydrogens (primary N) is 1. The third-order valence-electron chi connectivity index (χ3n) is 1.99. The zero-order valence-corrected chi connectivity index (χ0v) is 11.9. The first-order chi connectivity index (χ1) is 8.15. The van der Waals surface area contributed by atoms with E-state index in [0.29, 0.717) is 12.4 Å². The van der Waals surface area contributed by atoms with Crippen molar-refractivity contribution in [1.82, 2.24) is 9.97 Å². The normalized spacial score (nSPS) is 10.2. The predicted octanol–water partition coefficient (Wildman–Crippen LogP) is 3.16. The van der Waals surface area contributed by atoms with Crippen LogP contribution in [0.25, 0.3) is 0 Å². The van der Waals surface area contributed by atoms with Crippen LogP contribution < -0.4 is 10.5 Å². The number of halogens is 2. The maximum absolute atomic E-state index is 5.61. The maximum atomic E-state index is 5.61. The number of aromatic nitrogens is 2. The van der Waals surface area contributed by atoms with Gasteiger partial charge in [-0.25, -0.2) is 4.98 Å². The summed E-state index contributed by atoms with van der Waals surface area (Å²) in [7, 11) is 0. The largest absolute Gasteiger partial charge is 0.486 e. The molecule has 0 fully saturated rings. The van der Waals surface area contributed by atoms with Crippen LogP contribution >= 0.6 is 31.9 Å². The Morgan fingerprint density at radius 2 is 2.00 bits per heavy atom. The standard InChI is InChI=1S/C11H9Br2N3O/c12-7-1-2-10(9(13)3-7)17-6-8-4-16-11(14)5-15-8/h1-5H,6H2,(H2,14,16). The fraction of sp³-hybridized carbons (Fsp3) is 0.0909. The molecule has 1 heterocycles. The maximum Gasteiger partial charge on any atom is 0.141 e. The minimum Gasteiger partial charge on any atom is -0.486 e. The molecule has 1 aromatic heterocycles. The van der Waals surface area contributed by atoms with Gasteiger partial charge in [0.25, 0.3) is 0 Å². The van der Waals surface area contributed by atoms with Crippen LogP contribution in [0.4, 0.5) is 5.82 Å². The molecule has 88 valence electrons. The lowest BCUT2D eigenvalue weighted by Gasteiger charge is -2.07. The van der Waals surface area contributed by atoms with Crippen LogP contribution in [0.1, 0.15) is 5.69 Å². The van der Waals surface area contributed by atoms with E-state index < -0.39 is 0 Å². The van der Waals surface area contributed by atoms with Gasteiger partial charge in [0.05, 0.1) is 22.6 Å². The molecule has 0 saturated heterocycles. The molecule has 0 bridgehead atoms. The minimum atomic E-state index is 0.355. The van der Waals surface area contributed by atoms with Crippen molar-refractivity contribution in [3.63, 3.8) is 0 Å². The Bertz CT molecular complexity index is 517. The number of anilines is 1. The Kier molecular flexibility index (Phi) is 3.96. The third kappa shape index (κ3) is 3.41. The third-order valence-corrected chi connectivity index (χ3v) is 3.11. The quantitative estimate of drug-likeness (QED) is 0.915. The topological polar surface area (TPSA) is 61.0 Å². The number of nitrogen functional groups attached to an aromatic ring is 1. The lowest BCUT2D eigenvalue weighted by molar-refractivity contribution is 0.299. The highest BCUT2D eigenvalue weighted by atomic mass is 79.9. The first-order valence-electron chi connectivity index (χ1n) is 4.79. The number of nitrogens with zero attached hydrogens (tertiary/aromatic N) is 2. The summed E-state index contributed by atoms with van der Waals surface area (Å²) in [5.41, 5.74) is 6.18. The molecule has 2 aromatic rings. The van der Waals surface area contributed by atoms with Crippen molar-refractivity contribution in [3.8, 4) is 5.75 Å². The summed E-state index contributed by atoms with van der Waals surface area (Å²) >= 11 is 6.80. The van der Waals surface area contributed by atoms with Crippen LogP contribution in [0.15, 0.2) is 39.5 Å². The van der Waals surface area contributed by atoms with Gasteiger partial charge in [0.15, 0.2) is 0 Å². The van der Waals surface area contributed by atoms with Crippen LogP contribution in [-0.4, -0.2) is 9.97 Å². The van der Waals surface area contributed by atoms with Crippen LogP contribution in [0, 0.1) is 0 Å². The van der Waals surface area contributed by atoms with E-state index in [4.69, 9.17) is 10.5 Å². The second-order valence-corrected chi connectivity index (χ2v) is 5.07. The van der Waals surface area contributed by atoms with Crippen molar-refractivity contribution >= 4 is 37.7 Å². The Hall–Kier alpha value is -1.14. The van der Waals surface area contributed by atoms with Crippen LogP contribution in [0.3, 0.4) is 0 Å². The summed E-state index contributed by atoms with van der Waals surface area (Å²) < 4.78 is 7.48. The molecule has 17 heavy (non-hydrogen) atoms. The van der Waals surface area contributed by atoms with Crippen molar-refractivity contribution < 1.29 is 4.74 Å². The van der Waals surface area contributed by atoms with Gasteiger partial charge in [0.1, 0.15) is 18.2 Å². The summed E-state index contributed by atoms with van der Waals surface area (Å²) in [6, 6.07) is 5.71. The summed E-state index contributed by atoms with van der Waals surface area (Å²) in [6.07, 6.45) is 3.11. The van der Waals surface area contributed by atoms with E-state index in [-0.39, 0.29) is 0 Å². The first kappa shape index (κ1) is 12.3. The fourth-order valence-electron chi connectivity index (χ4n) is 1.18. The van der Waals surface area contributed by atoms with E-state index in [2.05, 4.69) is 41.8 Å². The monoisotopic (exact) mass is 357 g/mol. The SMILES string of the molecule is Nc1cnc(COc2ccc(Br)cc2Br)cn1. The Morgan fingerprint density at radius 1 is 1.18 bits per heavy atom. The fourth-order valence-corrected chi connectivity index (χ4v) is 2.34. The zero-order chi connectivity index (χ0) is 12.3. The number of rotatable bonds is 3. The van der Waals surface area contributed by atoms with Gasteiger partial charge in [0.2, 0.25) is 0 Å². The molecular weight excluding hydrogens is 350 g/mol. The summed E-state index contributed by atoms with van der Waals surface area (Å²) in [5.74, 6) is 1.16. The van der Waals surface area contributed by atoms with Gasteiger partial charge >= 0.3 is 0 Å². The lowest BCUT2D eigenvalue weighted by atomic mass is 10.3. The molecule has 0 aliphatic rings. The van der Waals surface area contributed by atoms with Crippen molar-refractivity contribution in [1.29, 1.82) is 0 Å². The molecule has 2 N–H and O–H groups in total. The van der Waals surface area contributed by atoms with Crippen molar-refractivity contribution in [3.05, 3.63) is 45.2 Å². The average Bonchev–Trinajstić information content (AvgIpc) is 2.30. The molecule has 0 saturated carbocycles. The van der Waals surface area contributed by atoms with Crippen LogP contribution in [0.2, 0.25) is 0 Å². The van der Waals surface area contributed by atoms with Gasteiger partial charge in [-0.2, -0.15) is 0 Å². The molecule has 0 atom stereocenters. The number of benzene rings is 1. The Labute approximate surface area is 115 Å². The van der Waals surface area contributed by atoms with E-state index in [1.165, 1.54) is 6.20 Å². The van der Waals surface area contributed by atoms with Gasteiger partial charge in [0, 0.05) is 4.47 Å². The van der Waals surface area contributed by atoms with E-state index in [0.717, 1.165) is 20.4 Å². The number of hydrogen-bond acceptors (Lipinski definition) is 4. The van der Waals surface area contributed by atoms with E-state index >= 15 is 0 Å². The van der Waals surface area contributed by atoms with Crippen molar-refractivity contribution in [2.45, 2.75) is 6.61 Å². The van der Waals surface area contributed by atoms with Crippen LogP contribution in [0.5, 0.6) is 5.75 Å². The Balaban J connectivity index is 2.04. The highest BCUT2D eigenvalue weighted by Crippen LogP contribution is 2.28. The summed E-state index contributed by atoms with van der Waals surface area (Å²) in [4.78, 5) is 8.05. The number of ether oxygens (including phenoxy) is 1. The average molecular weight is 359 g/mol. The molecular formula is C11H9Br2N3O. The molecule has 0 unspecified atom stereocenters. The van der Waals surface area contributed by atoms with Gasteiger partial charge in [-0.1, -0.05) is 15.9 Å². The molecule has 0 amide bonds. The van der Waals surface area contributed by atoms with Gasteiger partial charge in [-0.15, -0.1) is 0 Å². The van der Waals surface area contributed by atoms with E-state index in [1.807, 2.05) is 18.2 Å². The highest BCUT2D eigenvalue weighted by molar-refractivity contribution is 9.11. The van der Waals surface area contributed by atoms with Crippen LogP contribution in [-0.2, 0) is 6.61 Å². The molecule has 2 rings (SSSR count). The van der Waals surface area contributed by atoms with Gasteiger partial charge in [-0.05, 0) is 34.1 Å². The second-order valence-electron chi connectivity index (χ2n) is 3.30. The minimum absolute atomic E-state index is 0.355. The van der Waals surface area contributed by atoms with Gasteiger partial charge < -0.3 is 10.5 Å². The zero-order valence-electron chi connectivity index (χ0n) is 8.73. The smallest absolute Gasteiger partial charge is 0.141 e. The lowest BCUT2D eigenvalue weighted by Crippen LogP contribution is -2.01. The molecule has 4 nitrogen and oxygen atoms in total. The second kappa shape index (κ2) is 5.46. The molecule has 1 aromatic carbocycles. The first-order valence-corrected chi connectivity index (χ1v) is 6.38. The molecule has 0 radical (unpaired) electrons. The summed E-state index contributed by atoms with van der Waals surface area (Å²) in [6.45, 7) is 0.355. The summed E-state index contributed by atoms with van der Waals surface area (Å²) in [5, 5.41) is 0. The highest BCUT2D eigenvalue weighted by Gasteiger charge is 2.03. The predicted molar refractivity (Wildman–Crippen MR) is 72.6 cm³/mol.